The minimum atomic E-state index is -1.12. The van der Waals surface area contributed by atoms with Gasteiger partial charge in [0.15, 0.2) is 5.82 Å². The van der Waals surface area contributed by atoms with E-state index in [-0.39, 0.29) is 41.1 Å². The standard InChI is InChI=1S/C46H53ClFN5O8/c1-26(2)38(50-44(58)60-46(6,7)8)42(56)52-22-19-27(20-23-52)30-11-9-12-32-31(30)21-24-53(41(55)36-25-35(51-61-36)33-13-10-14-34(47)37(33)48)39(32)40(54)49-29-17-15-28(16-18-29)43(57)59-45(3,4)5/h9-19,26,36,38-39H,20-25H2,1-8H3,(H,49,54)(H,50,58)/t36?,38?,39-/m0/s1. The predicted molar refractivity (Wildman–Crippen MR) is 229 cm³/mol. The number of anilines is 1. The average molecular weight is 858 g/mol. The molecular weight excluding hydrogens is 805 g/mol. The number of rotatable bonds is 9. The third kappa shape index (κ3) is 10.6. The van der Waals surface area contributed by atoms with Crippen LogP contribution in [0.1, 0.15) is 107 Å². The first-order valence-electron chi connectivity index (χ1n) is 20.4. The Morgan fingerprint density at radius 2 is 1.56 bits per heavy atom. The molecule has 0 aromatic heterocycles. The molecule has 2 unspecified atom stereocenters. The highest BCUT2D eigenvalue weighted by molar-refractivity contribution is 6.31. The second-order valence-corrected chi connectivity index (χ2v) is 18.1. The number of hydrogen-bond donors (Lipinski definition) is 2. The van der Waals surface area contributed by atoms with Crippen molar-refractivity contribution in [2.24, 2.45) is 11.1 Å². The Morgan fingerprint density at radius 3 is 2.20 bits per heavy atom. The summed E-state index contributed by atoms with van der Waals surface area (Å²) in [5, 5.41) is 9.64. The third-order valence-electron chi connectivity index (χ3n) is 10.4. The minimum Gasteiger partial charge on any atom is -0.456 e. The number of nitrogens with one attached hydrogen (secondary N) is 2. The van der Waals surface area contributed by atoms with E-state index in [4.69, 9.17) is 25.9 Å². The number of esters is 1. The van der Waals surface area contributed by atoms with Crippen molar-refractivity contribution in [2.45, 2.75) is 104 Å². The van der Waals surface area contributed by atoms with Crippen LogP contribution in [0.15, 0.2) is 71.9 Å². The topological polar surface area (TPSA) is 156 Å². The van der Waals surface area contributed by atoms with Crippen LogP contribution >= 0.6 is 11.6 Å². The van der Waals surface area contributed by atoms with E-state index in [2.05, 4.69) is 15.8 Å². The fourth-order valence-electron chi connectivity index (χ4n) is 7.57. The molecule has 0 fully saturated rings. The van der Waals surface area contributed by atoms with Crippen molar-refractivity contribution in [1.82, 2.24) is 15.1 Å². The molecule has 3 atom stereocenters. The molecule has 15 heteroatoms. The number of amides is 4. The first kappa shape index (κ1) is 44.8. The maximum absolute atomic E-state index is 14.9. The second-order valence-electron chi connectivity index (χ2n) is 17.7. The summed E-state index contributed by atoms with van der Waals surface area (Å²) in [6, 6.07) is 14.6. The van der Waals surface area contributed by atoms with E-state index in [1.54, 1.807) is 76.8 Å². The van der Waals surface area contributed by atoms with Crippen LogP contribution in [0.5, 0.6) is 0 Å². The molecule has 3 aromatic rings. The first-order chi connectivity index (χ1) is 28.7. The molecule has 2 N–H and O–H groups in total. The van der Waals surface area contributed by atoms with Gasteiger partial charge in [-0.25, -0.2) is 14.0 Å². The highest BCUT2D eigenvalue weighted by atomic mass is 35.5. The van der Waals surface area contributed by atoms with E-state index in [1.165, 1.54) is 17.0 Å². The lowest BCUT2D eigenvalue weighted by molar-refractivity contribution is -0.148. The van der Waals surface area contributed by atoms with Gasteiger partial charge in [0.25, 0.3) is 11.8 Å². The van der Waals surface area contributed by atoms with Crippen molar-refractivity contribution in [3.8, 4) is 0 Å². The Kier molecular flexibility index (Phi) is 13.3. The van der Waals surface area contributed by atoms with Gasteiger partial charge in [-0.3, -0.25) is 14.4 Å². The van der Waals surface area contributed by atoms with E-state index < -0.39 is 59.1 Å². The molecule has 0 bridgehead atoms. The molecule has 3 aliphatic heterocycles. The van der Waals surface area contributed by atoms with Crippen molar-refractivity contribution in [2.75, 3.05) is 25.0 Å². The molecular formula is C46H53ClFN5O8. The second kappa shape index (κ2) is 18.1. The molecule has 0 saturated heterocycles. The molecule has 3 aromatic carbocycles. The van der Waals surface area contributed by atoms with Gasteiger partial charge in [-0.05, 0) is 119 Å². The summed E-state index contributed by atoms with van der Waals surface area (Å²) >= 11 is 6.03. The van der Waals surface area contributed by atoms with Gasteiger partial charge in [0.2, 0.25) is 12.0 Å². The van der Waals surface area contributed by atoms with Crippen molar-refractivity contribution >= 4 is 58.4 Å². The molecule has 3 aliphatic rings. The summed E-state index contributed by atoms with van der Waals surface area (Å²) in [6.07, 6.45) is 1.10. The average Bonchev–Trinajstić information content (AvgIpc) is 3.69. The number of carbonyl (C=O) groups excluding carboxylic acids is 5. The van der Waals surface area contributed by atoms with Crippen LogP contribution in [-0.2, 0) is 35.1 Å². The van der Waals surface area contributed by atoms with Gasteiger partial charge in [-0.2, -0.15) is 0 Å². The monoisotopic (exact) mass is 857 g/mol. The largest absolute Gasteiger partial charge is 0.456 e. The Hall–Kier alpha value is -5.76. The number of nitrogens with zero attached hydrogens (tertiary/aromatic N) is 3. The lowest BCUT2D eigenvalue weighted by Crippen LogP contribution is -2.53. The highest BCUT2D eigenvalue weighted by Crippen LogP contribution is 2.38. The van der Waals surface area contributed by atoms with Crippen molar-refractivity contribution in [1.29, 1.82) is 0 Å². The smallest absolute Gasteiger partial charge is 0.408 e. The molecule has 0 spiro atoms. The molecule has 13 nitrogen and oxygen atoms in total. The maximum Gasteiger partial charge on any atom is 0.408 e. The fraction of sp³-hybridized carbons (Fsp3) is 0.435. The van der Waals surface area contributed by atoms with E-state index in [0.717, 1.165) is 16.7 Å². The van der Waals surface area contributed by atoms with Crippen molar-refractivity contribution < 1.29 is 42.7 Å². The van der Waals surface area contributed by atoms with E-state index in [9.17, 15) is 28.4 Å². The molecule has 6 rings (SSSR count). The maximum atomic E-state index is 14.9. The highest BCUT2D eigenvalue weighted by Gasteiger charge is 2.43. The van der Waals surface area contributed by atoms with Gasteiger partial charge in [0.1, 0.15) is 23.3 Å². The number of oxime groups is 1. The van der Waals surface area contributed by atoms with Crippen LogP contribution in [0.4, 0.5) is 14.9 Å². The molecule has 0 radical (unpaired) electrons. The summed E-state index contributed by atoms with van der Waals surface area (Å²) in [6.45, 7) is 15.2. The zero-order chi connectivity index (χ0) is 44.4. The van der Waals surface area contributed by atoms with Crippen LogP contribution in [0.25, 0.3) is 5.57 Å². The SMILES string of the molecule is CC(C)C(NC(=O)OC(C)(C)C)C(=O)N1CC=C(c2cccc3c2CCN(C(=O)C2CC(c4cccc(Cl)c4F)=NO2)[C@@H]3C(=O)Nc2ccc(C(=O)OC(C)(C)C)cc2)CC1. The van der Waals surface area contributed by atoms with Crippen LogP contribution in [0.2, 0.25) is 5.02 Å². The Bertz CT molecular complexity index is 2260. The number of halogens is 2. The summed E-state index contributed by atoms with van der Waals surface area (Å²) in [5.41, 5.74) is 3.04. The van der Waals surface area contributed by atoms with Gasteiger partial charge in [0.05, 0.1) is 16.3 Å². The number of alkyl carbamates (subject to hydrolysis) is 1. The lowest BCUT2D eigenvalue weighted by Gasteiger charge is -2.38. The van der Waals surface area contributed by atoms with Crippen LogP contribution < -0.4 is 10.6 Å². The van der Waals surface area contributed by atoms with Crippen LogP contribution in [0.3, 0.4) is 0 Å². The van der Waals surface area contributed by atoms with Gasteiger partial charge in [0, 0.05) is 37.3 Å². The summed E-state index contributed by atoms with van der Waals surface area (Å²) in [4.78, 5) is 76.6. The Balaban J connectivity index is 1.26. The Labute approximate surface area is 360 Å². The first-order valence-corrected chi connectivity index (χ1v) is 20.8. The number of fused-ring (bicyclic) bond motifs is 1. The number of ether oxygens (including phenoxy) is 2. The summed E-state index contributed by atoms with van der Waals surface area (Å²) < 4.78 is 25.8. The number of benzene rings is 3. The lowest BCUT2D eigenvalue weighted by atomic mass is 9.84. The quantitative estimate of drug-likeness (QED) is 0.206. The molecule has 61 heavy (non-hydrogen) atoms. The zero-order valence-electron chi connectivity index (χ0n) is 35.8. The normalized spacial score (nSPS) is 18.3. The number of hydrogen-bond acceptors (Lipinski definition) is 9. The van der Waals surface area contributed by atoms with Crippen molar-refractivity contribution in [3.05, 3.63) is 105 Å². The molecule has 4 amide bonds. The number of carbonyl (C=O) groups is 5. The van der Waals surface area contributed by atoms with Gasteiger partial charge >= 0.3 is 12.1 Å². The van der Waals surface area contributed by atoms with Gasteiger partial charge in [-0.1, -0.05) is 60.9 Å². The summed E-state index contributed by atoms with van der Waals surface area (Å²) in [7, 11) is 0. The molecule has 324 valence electrons. The zero-order valence-corrected chi connectivity index (χ0v) is 36.5. The third-order valence-corrected chi connectivity index (χ3v) is 10.7. The van der Waals surface area contributed by atoms with E-state index in [1.807, 2.05) is 38.1 Å². The van der Waals surface area contributed by atoms with Gasteiger partial charge < -0.3 is 34.7 Å². The van der Waals surface area contributed by atoms with Crippen LogP contribution in [0, 0.1) is 11.7 Å². The minimum absolute atomic E-state index is 0.0347. The van der Waals surface area contributed by atoms with Gasteiger partial charge in [-0.15, -0.1) is 0 Å². The predicted octanol–water partition coefficient (Wildman–Crippen LogP) is 7.86. The van der Waals surface area contributed by atoms with E-state index >= 15 is 0 Å². The Morgan fingerprint density at radius 1 is 0.885 bits per heavy atom. The van der Waals surface area contributed by atoms with E-state index in [0.29, 0.717) is 42.7 Å². The molecule has 0 saturated carbocycles. The van der Waals surface area contributed by atoms with Crippen LogP contribution in [-0.4, -0.2) is 88.3 Å². The molecule has 0 aliphatic carbocycles. The fourth-order valence-corrected chi connectivity index (χ4v) is 7.74. The van der Waals surface area contributed by atoms with Crippen molar-refractivity contribution in [3.63, 3.8) is 0 Å². The molecule has 3 heterocycles. The summed E-state index contributed by atoms with van der Waals surface area (Å²) in [5.74, 6) is -2.57.